The van der Waals surface area contributed by atoms with Gasteiger partial charge in [0.1, 0.15) is 5.75 Å². The molecule has 1 amide bonds. The van der Waals surface area contributed by atoms with Gasteiger partial charge in [0.15, 0.2) is 21.5 Å². The Morgan fingerprint density at radius 3 is 2.35 bits per heavy atom. The molecule has 0 radical (unpaired) electrons. The fourth-order valence-corrected chi connectivity index (χ4v) is 6.95. The fraction of sp³-hybridized carbons (Fsp3) is 0.257. The van der Waals surface area contributed by atoms with Crippen LogP contribution in [-0.4, -0.2) is 56.4 Å². The van der Waals surface area contributed by atoms with Gasteiger partial charge in [0.05, 0.1) is 17.3 Å². The highest BCUT2D eigenvalue weighted by molar-refractivity contribution is 9.10. The Kier molecular flexibility index (Phi) is 11.2. The monoisotopic (exact) mass is 724 g/mol. The average molecular weight is 726 g/mol. The molecule has 1 aliphatic heterocycles. The fourth-order valence-electron chi connectivity index (χ4n) is 5.17. The Hall–Kier alpha value is -3.70. The maximum absolute atomic E-state index is 14.3. The van der Waals surface area contributed by atoms with Crippen molar-refractivity contribution in [3.63, 3.8) is 0 Å². The van der Waals surface area contributed by atoms with E-state index < -0.39 is 27.4 Å². The number of halogens is 2. The molecule has 2 N–H and O–H groups in total. The lowest BCUT2D eigenvalue weighted by Gasteiger charge is -2.30. The molecule has 0 spiro atoms. The van der Waals surface area contributed by atoms with Crippen LogP contribution in [0.4, 0.5) is 0 Å². The second kappa shape index (κ2) is 15.3. The molecule has 11 heteroatoms. The van der Waals surface area contributed by atoms with Gasteiger partial charge in [0.25, 0.3) is 5.91 Å². The zero-order valence-corrected chi connectivity index (χ0v) is 28.1. The van der Waals surface area contributed by atoms with Gasteiger partial charge in [-0.25, -0.2) is 13.4 Å². The van der Waals surface area contributed by atoms with Crippen LogP contribution in [0.25, 0.3) is 0 Å². The van der Waals surface area contributed by atoms with E-state index in [0.717, 1.165) is 10.0 Å². The molecule has 46 heavy (non-hydrogen) atoms. The van der Waals surface area contributed by atoms with Crippen LogP contribution >= 0.6 is 27.5 Å². The number of rotatable bonds is 14. The van der Waals surface area contributed by atoms with E-state index in [1.54, 1.807) is 66.7 Å². The van der Waals surface area contributed by atoms with Gasteiger partial charge in [0, 0.05) is 41.1 Å². The maximum Gasteiger partial charge on any atom is 0.252 e. The molecule has 0 fully saturated rings. The van der Waals surface area contributed by atoms with Gasteiger partial charge in [-0.3, -0.25) is 4.79 Å². The second-order valence-electron chi connectivity index (χ2n) is 10.9. The SMILES string of the molecule is O=C(NCCc1ccc(Cl)cc1)[C@]1(CCS(=O)(=O)c2ccccc2)N=C(c2ccc(OCCCO)cc2)O[C@@H]1c1ccc(Br)cc1. The number of benzene rings is 4. The molecule has 4 aromatic carbocycles. The van der Waals surface area contributed by atoms with Crippen molar-refractivity contribution in [2.45, 2.75) is 35.8 Å². The van der Waals surface area contributed by atoms with E-state index in [0.29, 0.717) is 47.9 Å². The van der Waals surface area contributed by atoms with Gasteiger partial charge < -0.3 is 19.9 Å². The highest BCUT2D eigenvalue weighted by Gasteiger charge is 2.53. The van der Waals surface area contributed by atoms with Gasteiger partial charge in [0.2, 0.25) is 5.90 Å². The van der Waals surface area contributed by atoms with Crippen molar-refractivity contribution < 1.29 is 27.8 Å². The first kappa shape index (κ1) is 33.7. The van der Waals surface area contributed by atoms with E-state index in [1.165, 1.54) is 0 Å². The first-order valence-electron chi connectivity index (χ1n) is 14.9. The van der Waals surface area contributed by atoms with E-state index in [1.807, 2.05) is 36.4 Å². The third-order valence-electron chi connectivity index (χ3n) is 7.67. The first-order valence-corrected chi connectivity index (χ1v) is 17.7. The van der Waals surface area contributed by atoms with Crippen LogP contribution in [0.3, 0.4) is 0 Å². The summed E-state index contributed by atoms with van der Waals surface area (Å²) in [5.74, 6) is 0.0729. The highest BCUT2D eigenvalue weighted by Crippen LogP contribution is 2.43. The van der Waals surface area contributed by atoms with E-state index in [4.69, 9.17) is 31.2 Å². The molecule has 0 saturated carbocycles. The number of amides is 1. The van der Waals surface area contributed by atoms with Gasteiger partial charge in [-0.2, -0.15) is 0 Å². The zero-order chi connectivity index (χ0) is 32.6. The predicted octanol–water partition coefficient (Wildman–Crippen LogP) is 6.34. The molecule has 1 aliphatic rings. The van der Waals surface area contributed by atoms with E-state index in [-0.39, 0.29) is 29.6 Å². The summed E-state index contributed by atoms with van der Waals surface area (Å²) in [6, 6.07) is 30.0. The Morgan fingerprint density at radius 2 is 1.67 bits per heavy atom. The van der Waals surface area contributed by atoms with E-state index in [2.05, 4.69) is 21.2 Å². The Morgan fingerprint density at radius 1 is 0.978 bits per heavy atom. The number of ether oxygens (including phenoxy) is 2. The van der Waals surface area contributed by atoms with Crippen LogP contribution in [0.2, 0.25) is 5.02 Å². The molecule has 4 aromatic rings. The number of aliphatic hydroxyl groups excluding tert-OH is 1. The topological polar surface area (TPSA) is 114 Å². The van der Waals surface area contributed by atoms with Gasteiger partial charge >= 0.3 is 0 Å². The number of hydrogen-bond donors (Lipinski definition) is 2. The number of sulfone groups is 1. The summed E-state index contributed by atoms with van der Waals surface area (Å²) in [6.45, 7) is 0.698. The summed E-state index contributed by atoms with van der Waals surface area (Å²) in [6.07, 6.45) is 0.0226. The average Bonchev–Trinajstić information content (AvgIpc) is 3.47. The minimum atomic E-state index is -3.76. The molecule has 240 valence electrons. The number of carbonyl (C=O) groups excluding carboxylic acids is 1. The van der Waals surface area contributed by atoms with Gasteiger partial charge in [-0.15, -0.1) is 0 Å². The normalized spacial score (nSPS) is 17.6. The van der Waals surface area contributed by atoms with Gasteiger partial charge in [-0.1, -0.05) is 70.0 Å². The molecule has 0 aliphatic carbocycles. The van der Waals surface area contributed by atoms with Crippen LogP contribution < -0.4 is 10.1 Å². The number of aliphatic hydroxyl groups is 1. The van der Waals surface area contributed by atoms with Crippen molar-refractivity contribution in [2.24, 2.45) is 4.99 Å². The number of aliphatic imine (C=N–C) groups is 1. The van der Waals surface area contributed by atoms with Crippen molar-refractivity contribution in [3.8, 4) is 5.75 Å². The highest BCUT2D eigenvalue weighted by atomic mass is 79.9. The lowest BCUT2D eigenvalue weighted by Crippen LogP contribution is -2.49. The minimum Gasteiger partial charge on any atom is -0.494 e. The number of nitrogens with one attached hydrogen (secondary N) is 1. The van der Waals surface area contributed by atoms with E-state index >= 15 is 0 Å². The zero-order valence-electron chi connectivity index (χ0n) is 24.9. The van der Waals surface area contributed by atoms with Crippen LogP contribution in [0.15, 0.2) is 117 Å². The lowest BCUT2D eigenvalue weighted by molar-refractivity contribution is -0.129. The van der Waals surface area contributed by atoms with Crippen molar-refractivity contribution >= 4 is 49.2 Å². The largest absolute Gasteiger partial charge is 0.494 e. The molecule has 0 unspecified atom stereocenters. The van der Waals surface area contributed by atoms with Crippen LogP contribution in [0.5, 0.6) is 5.75 Å². The Bertz CT molecular complexity index is 1750. The van der Waals surface area contributed by atoms with E-state index in [9.17, 15) is 13.2 Å². The Labute approximate surface area is 282 Å². The van der Waals surface area contributed by atoms with Crippen LogP contribution in [0, 0.1) is 0 Å². The number of hydrogen-bond acceptors (Lipinski definition) is 7. The van der Waals surface area contributed by atoms with Crippen molar-refractivity contribution in [3.05, 3.63) is 129 Å². The van der Waals surface area contributed by atoms with Gasteiger partial charge in [-0.05, 0) is 78.2 Å². The van der Waals surface area contributed by atoms with Crippen molar-refractivity contribution in [1.29, 1.82) is 0 Å². The number of nitrogens with zero attached hydrogens (tertiary/aromatic N) is 1. The lowest BCUT2D eigenvalue weighted by atomic mass is 9.85. The Balaban J connectivity index is 1.50. The van der Waals surface area contributed by atoms with Crippen LogP contribution in [0.1, 0.15) is 35.6 Å². The summed E-state index contributed by atoms with van der Waals surface area (Å²) in [5, 5.41) is 12.7. The van der Waals surface area contributed by atoms with Crippen molar-refractivity contribution in [2.75, 3.05) is 25.5 Å². The summed E-state index contributed by atoms with van der Waals surface area (Å²) in [5.41, 5.74) is 0.679. The quantitative estimate of drug-likeness (QED) is 0.147. The summed E-state index contributed by atoms with van der Waals surface area (Å²) in [7, 11) is -3.76. The second-order valence-corrected chi connectivity index (χ2v) is 14.3. The predicted molar refractivity (Wildman–Crippen MR) is 182 cm³/mol. The molecule has 0 aromatic heterocycles. The third kappa shape index (κ3) is 8.17. The molecule has 2 atom stereocenters. The first-order chi connectivity index (χ1) is 22.2. The van der Waals surface area contributed by atoms with Crippen LogP contribution in [-0.2, 0) is 25.8 Å². The molecular formula is C35H34BrClN2O6S. The summed E-state index contributed by atoms with van der Waals surface area (Å²) >= 11 is 9.51. The number of carbonyl (C=O) groups is 1. The molecule has 5 rings (SSSR count). The molecule has 0 saturated heterocycles. The molecule has 0 bridgehead atoms. The molecule has 1 heterocycles. The third-order valence-corrected chi connectivity index (χ3v) is 10.2. The molecule has 8 nitrogen and oxygen atoms in total. The minimum absolute atomic E-state index is 0.0318. The smallest absolute Gasteiger partial charge is 0.252 e. The summed E-state index contributed by atoms with van der Waals surface area (Å²) in [4.78, 5) is 19.4. The standard InChI is InChI=1S/C35H34BrClN2O6S/c36-28-13-9-26(10-14-28)32-35(20-24-46(42,43)31-5-2-1-3-6-31,34(41)38-21-19-25-7-15-29(37)16-8-25)39-33(45-32)27-11-17-30(18-12-27)44-23-4-22-40/h1-3,5-18,32,40H,4,19-24H2,(H,38,41)/t32-,35-/m1/s1. The summed E-state index contributed by atoms with van der Waals surface area (Å²) < 4.78 is 40.0. The molecular weight excluding hydrogens is 692 g/mol. The van der Waals surface area contributed by atoms with Crippen molar-refractivity contribution in [1.82, 2.24) is 5.32 Å². The maximum atomic E-state index is 14.3.